The quantitative estimate of drug-likeness (QED) is 0.531. The lowest BCUT2D eigenvalue weighted by molar-refractivity contribution is -0.129. The van der Waals surface area contributed by atoms with E-state index in [0.717, 1.165) is 37.1 Å². The van der Waals surface area contributed by atoms with Gasteiger partial charge in [0.05, 0.1) is 11.8 Å². The van der Waals surface area contributed by atoms with Crippen molar-refractivity contribution in [1.82, 2.24) is 20.4 Å². The molecule has 0 aliphatic carbocycles. The topological polar surface area (TPSA) is 64.7 Å². The first-order valence-electron chi connectivity index (χ1n) is 12.7. The van der Waals surface area contributed by atoms with Crippen molar-refractivity contribution in [3.8, 4) is 0 Å². The molecule has 2 aromatic carbocycles. The van der Waals surface area contributed by atoms with Crippen molar-refractivity contribution in [3.05, 3.63) is 69.7 Å². The second kappa shape index (κ2) is 12.4. The van der Waals surface area contributed by atoms with Gasteiger partial charge in [0.15, 0.2) is 0 Å². The molecule has 0 radical (unpaired) electrons. The van der Waals surface area contributed by atoms with Crippen LogP contribution in [0.3, 0.4) is 0 Å². The van der Waals surface area contributed by atoms with E-state index in [1.165, 1.54) is 0 Å². The van der Waals surface area contributed by atoms with E-state index in [2.05, 4.69) is 34.5 Å². The lowest BCUT2D eigenvalue weighted by atomic mass is 9.80. The number of nitrogens with one attached hydrogen (secondary N) is 2. The minimum absolute atomic E-state index is 0.0344. The van der Waals surface area contributed by atoms with Crippen molar-refractivity contribution in [2.45, 2.75) is 24.7 Å². The summed E-state index contributed by atoms with van der Waals surface area (Å²) in [5.41, 5.74) is 2.30. The Morgan fingerprint density at radius 2 is 1.08 bits per heavy atom. The minimum Gasteiger partial charge on any atom is -0.354 e. The molecule has 2 aliphatic rings. The summed E-state index contributed by atoms with van der Waals surface area (Å²) in [6.45, 7) is 4.15. The SMILES string of the molecule is CN1CC[C@@H](c2ccc(Cl)cc2)[C@H](C(=O)NCCNC(=O)[C@@H]2CN(C)CC[C@H]2c2ccc(Cl)cc2)C1. The molecule has 2 N–H and O–H groups in total. The molecule has 2 heterocycles. The predicted octanol–water partition coefficient (Wildman–Crippen LogP) is 4.00. The highest BCUT2D eigenvalue weighted by molar-refractivity contribution is 6.30. The van der Waals surface area contributed by atoms with Gasteiger partial charge in [0.25, 0.3) is 0 Å². The Morgan fingerprint density at radius 1 is 0.722 bits per heavy atom. The largest absolute Gasteiger partial charge is 0.354 e. The van der Waals surface area contributed by atoms with Crippen LogP contribution in [0.15, 0.2) is 48.5 Å². The van der Waals surface area contributed by atoms with Crippen LogP contribution in [0.4, 0.5) is 0 Å². The Morgan fingerprint density at radius 3 is 1.44 bits per heavy atom. The van der Waals surface area contributed by atoms with Crippen molar-refractivity contribution in [2.24, 2.45) is 11.8 Å². The average molecular weight is 532 g/mol. The molecule has 0 unspecified atom stereocenters. The Hall–Kier alpha value is -2.12. The van der Waals surface area contributed by atoms with E-state index in [1.54, 1.807) is 0 Å². The van der Waals surface area contributed by atoms with Crippen LogP contribution in [0.1, 0.15) is 35.8 Å². The highest BCUT2D eigenvalue weighted by atomic mass is 35.5. The van der Waals surface area contributed by atoms with Crippen LogP contribution in [0, 0.1) is 11.8 Å². The van der Waals surface area contributed by atoms with Crippen LogP contribution in [0.25, 0.3) is 0 Å². The molecule has 2 aliphatic heterocycles. The van der Waals surface area contributed by atoms with Crippen molar-refractivity contribution in [1.29, 1.82) is 0 Å². The third-order valence-corrected chi connectivity index (χ3v) is 8.13. The van der Waals surface area contributed by atoms with Crippen LogP contribution in [0.5, 0.6) is 0 Å². The molecule has 8 heteroatoms. The molecule has 0 saturated carbocycles. The molecule has 2 aromatic rings. The maximum Gasteiger partial charge on any atom is 0.225 e. The number of likely N-dealkylation sites (tertiary alicyclic amines) is 2. The number of rotatable bonds is 7. The number of amides is 2. The van der Waals surface area contributed by atoms with E-state index in [1.807, 2.05) is 48.5 Å². The molecular weight excluding hydrogens is 495 g/mol. The molecule has 2 saturated heterocycles. The van der Waals surface area contributed by atoms with Gasteiger partial charge in [0.2, 0.25) is 11.8 Å². The molecule has 4 atom stereocenters. The lowest BCUT2D eigenvalue weighted by Gasteiger charge is -2.36. The van der Waals surface area contributed by atoms with E-state index < -0.39 is 0 Å². The fourth-order valence-corrected chi connectivity index (χ4v) is 5.86. The third kappa shape index (κ3) is 6.80. The number of hydrogen-bond donors (Lipinski definition) is 2. The van der Waals surface area contributed by atoms with Gasteiger partial charge < -0.3 is 20.4 Å². The Balaban J connectivity index is 1.31. The fraction of sp³-hybridized carbons (Fsp3) is 0.500. The summed E-state index contributed by atoms with van der Waals surface area (Å²) in [5.74, 6) is 0.111. The number of carbonyl (C=O) groups is 2. The van der Waals surface area contributed by atoms with Gasteiger partial charge in [-0.2, -0.15) is 0 Å². The van der Waals surface area contributed by atoms with Crippen LogP contribution < -0.4 is 10.6 Å². The van der Waals surface area contributed by atoms with Crippen LogP contribution in [-0.2, 0) is 9.59 Å². The molecule has 4 rings (SSSR count). The Kier molecular flexibility index (Phi) is 9.29. The number of hydrogen-bond acceptors (Lipinski definition) is 4. The van der Waals surface area contributed by atoms with E-state index in [9.17, 15) is 9.59 Å². The van der Waals surface area contributed by atoms with Crippen molar-refractivity contribution < 1.29 is 9.59 Å². The fourth-order valence-electron chi connectivity index (χ4n) is 5.61. The first-order chi connectivity index (χ1) is 17.3. The van der Waals surface area contributed by atoms with E-state index >= 15 is 0 Å². The van der Waals surface area contributed by atoms with Crippen molar-refractivity contribution >= 4 is 35.0 Å². The number of halogens is 2. The van der Waals surface area contributed by atoms with E-state index in [0.29, 0.717) is 36.2 Å². The number of nitrogens with zero attached hydrogens (tertiary/aromatic N) is 2. The zero-order valence-corrected chi connectivity index (χ0v) is 22.6. The monoisotopic (exact) mass is 530 g/mol. The molecule has 2 amide bonds. The highest BCUT2D eigenvalue weighted by Crippen LogP contribution is 2.34. The summed E-state index contributed by atoms with van der Waals surface area (Å²) in [6.07, 6.45) is 1.85. The van der Waals surface area contributed by atoms with Gasteiger partial charge in [-0.15, -0.1) is 0 Å². The molecule has 6 nitrogen and oxygen atoms in total. The summed E-state index contributed by atoms with van der Waals surface area (Å²) in [4.78, 5) is 30.7. The second-order valence-corrected chi connectivity index (χ2v) is 11.1. The maximum absolute atomic E-state index is 13.2. The smallest absolute Gasteiger partial charge is 0.225 e. The first-order valence-corrected chi connectivity index (χ1v) is 13.5. The third-order valence-electron chi connectivity index (χ3n) is 7.63. The molecule has 0 bridgehead atoms. The normalized spacial score (nSPS) is 25.3. The molecule has 194 valence electrons. The van der Waals surface area contributed by atoms with Gasteiger partial charge in [0.1, 0.15) is 0 Å². The molecule has 0 spiro atoms. The summed E-state index contributed by atoms with van der Waals surface area (Å²) < 4.78 is 0. The van der Waals surface area contributed by atoms with Gasteiger partial charge in [-0.1, -0.05) is 47.5 Å². The average Bonchev–Trinajstić information content (AvgIpc) is 2.87. The zero-order chi connectivity index (χ0) is 25.7. The zero-order valence-electron chi connectivity index (χ0n) is 21.1. The highest BCUT2D eigenvalue weighted by Gasteiger charge is 2.35. The molecule has 36 heavy (non-hydrogen) atoms. The van der Waals surface area contributed by atoms with Crippen LogP contribution >= 0.6 is 23.2 Å². The van der Waals surface area contributed by atoms with Crippen molar-refractivity contribution in [3.63, 3.8) is 0 Å². The molecule has 2 fully saturated rings. The lowest BCUT2D eigenvalue weighted by Crippen LogP contribution is -2.48. The van der Waals surface area contributed by atoms with Gasteiger partial charge in [-0.3, -0.25) is 9.59 Å². The second-order valence-electron chi connectivity index (χ2n) is 10.2. The molecular formula is C28H36Cl2N4O2. The summed E-state index contributed by atoms with van der Waals surface area (Å²) >= 11 is 12.1. The van der Waals surface area contributed by atoms with Crippen LogP contribution in [-0.4, -0.2) is 75.0 Å². The van der Waals surface area contributed by atoms with Gasteiger partial charge in [-0.25, -0.2) is 0 Å². The predicted molar refractivity (Wildman–Crippen MR) is 146 cm³/mol. The van der Waals surface area contributed by atoms with Gasteiger partial charge in [-0.05, 0) is 87.3 Å². The van der Waals surface area contributed by atoms with Gasteiger partial charge in [0, 0.05) is 36.2 Å². The summed E-state index contributed by atoms with van der Waals surface area (Å²) in [7, 11) is 4.10. The number of benzene rings is 2. The number of carbonyl (C=O) groups excluding carboxylic acids is 2. The summed E-state index contributed by atoms with van der Waals surface area (Å²) in [5, 5.41) is 7.54. The Bertz CT molecular complexity index is 947. The first kappa shape index (κ1) is 26.9. The minimum atomic E-state index is -0.137. The molecule has 0 aromatic heterocycles. The van der Waals surface area contributed by atoms with Crippen LogP contribution in [0.2, 0.25) is 10.0 Å². The van der Waals surface area contributed by atoms with E-state index in [4.69, 9.17) is 23.2 Å². The standard InChI is InChI=1S/C28H36Cl2N4O2/c1-33-15-11-23(19-3-7-21(29)8-4-19)25(17-33)27(35)31-13-14-32-28(36)26-18-34(2)16-12-24(26)20-5-9-22(30)10-6-20/h3-10,23-26H,11-18H2,1-2H3,(H,31,35)(H,32,36)/t23-,24-,25+,26+/m0/s1. The van der Waals surface area contributed by atoms with Gasteiger partial charge >= 0.3 is 0 Å². The number of piperidine rings is 2. The van der Waals surface area contributed by atoms with E-state index in [-0.39, 0.29) is 35.5 Å². The van der Waals surface area contributed by atoms with Crippen molar-refractivity contribution in [2.75, 3.05) is 53.4 Å². The maximum atomic E-state index is 13.2. The summed E-state index contributed by atoms with van der Waals surface area (Å²) in [6, 6.07) is 15.7. The Labute approximate surface area is 224 Å².